The van der Waals surface area contributed by atoms with Gasteiger partial charge in [0, 0.05) is 12.1 Å². The van der Waals surface area contributed by atoms with E-state index in [2.05, 4.69) is 29.4 Å². The van der Waals surface area contributed by atoms with Crippen molar-refractivity contribution in [3.63, 3.8) is 0 Å². The third kappa shape index (κ3) is 3.47. The van der Waals surface area contributed by atoms with E-state index in [4.69, 9.17) is 0 Å². The van der Waals surface area contributed by atoms with Crippen LogP contribution in [0.5, 0.6) is 0 Å². The Kier molecular flexibility index (Phi) is 5.50. The van der Waals surface area contributed by atoms with Gasteiger partial charge < -0.3 is 9.87 Å². The first kappa shape index (κ1) is 19.5. The second kappa shape index (κ2) is 7.90. The van der Waals surface area contributed by atoms with Gasteiger partial charge in [0.15, 0.2) is 4.90 Å². The standard InChI is InChI=1S/C23H28N2O2S/c1-25-16-17-12-14-23(25,15-13-17)21(18-8-4-3-5-9-18)24-22(26)19-10-6-7-11-20(19)28(2)27/h3-11,17,21H,12-16H2,1-2H3,(H,24,26). The summed E-state index contributed by atoms with van der Waals surface area (Å²) in [4.78, 5) is 16.4. The van der Waals surface area contributed by atoms with Crippen molar-refractivity contribution in [2.45, 2.75) is 42.2 Å². The van der Waals surface area contributed by atoms with Crippen molar-refractivity contribution in [3.05, 3.63) is 65.7 Å². The van der Waals surface area contributed by atoms with Crippen LogP contribution < -0.4 is 5.32 Å². The number of piperidine rings is 2. The van der Waals surface area contributed by atoms with Gasteiger partial charge in [-0.1, -0.05) is 42.5 Å². The highest BCUT2D eigenvalue weighted by atomic mass is 32.2. The molecule has 0 radical (unpaired) electrons. The molecular formula is C23H28N2O2S. The maximum atomic E-state index is 13.3. The van der Waals surface area contributed by atoms with E-state index in [1.807, 2.05) is 30.3 Å². The maximum absolute atomic E-state index is 13.3. The Bertz CT molecular complexity index is 832. The molecule has 2 saturated heterocycles. The minimum absolute atomic E-state index is 0.0634. The number of nitrogens with zero attached hydrogens (tertiary/aromatic N) is 1. The molecule has 0 aromatic heterocycles. The van der Waals surface area contributed by atoms with Crippen LogP contribution in [0.2, 0.25) is 0 Å². The number of benzene rings is 2. The molecule has 2 heterocycles. The summed E-state index contributed by atoms with van der Waals surface area (Å²) in [5.41, 5.74) is 1.58. The monoisotopic (exact) mass is 396 g/mol. The molecule has 1 N–H and O–H groups in total. The number of likely N-dealkylation sites (N-methyl/N-ethyl adjacent to an activating group) is 1. The van der Waals surface area contributed by atoms with E-state index in [0.29, 0.717) is 10.5 Å². The van der Waals surface area contributed by atoms with E-state index in [1.54, 1.807) is 18.4 Å². The Labute approximate surface area is 170 Å². The van der Waals surface area contributed by atoms with E-state index >= 15 is 0 Å². The molecule has 148 valence electrons. The van der Waals surface area contributed by atoms with E-state index < -0.39 is 11.2 Å². The van der Waals surface area contributed by atoms with Crippen LogP contribution in [0.3, 0.4) is 0 Å². The van der Waals surface area contributed by atoms with Crippen molar-refractivity contribution >= 4 is 17.1 Å². The first-order valence-electron chi connectivity index (χ1n) is 10.0. The van der Waals surface area contributed by atoms with Crippen molar-refractivity contribution in [2.75, 3.05) is 19.8 Å². The molecular weight excluding hydrogens is 368 g/mol. The zero-order valence-electron chi connectivity index (χ0n) is 16.6. The Morgan fingerprint density at radius 1 is 1.14 bits per heavy atom. The molecule has 2 aromatic rings. The fourth-order valence-corrected chi connectivity index (χ4v) is 5.85. The predicted molar refractivity (Wildman–Crippen MR) is 113 cm³/mol. The summed E-state index contributed by atoms with van der Waals surface area (Å²) in [6.07, 6.45) is 6.25. The van der Waals surface area contributed by atoms with Crippen LogP contribution in [0.4, 0.5) is 0 Å². The largest absolute Gasteiger partial charge is 0.612 e. The molecule has 2 unspecified atom stereocenters. The van der Waals surface area contributed by atoms with Crippen LogP contribution in [0.15, 0.2) is 59.5 Å². The summed E-state index contributed by atoms with van der Waals surface area (Å²) < 4.78 is 12.1. The number of hydrogen-bond donors (Lipinski definition) is 1. The van der Waals surface area contributed by atoms with Crippen LogP contribution in [-0.4, -0.2) is 40.7 Å². The van der Waals surface area contributed by atoms with E-state index in [0.717, 1.165) is 30.9 Å². The SMILES string of the molecule is CN1CC2CCC1(C(NC(=O)c1ccccc1[S+](C)[O-])c1ccccc1)CC2. The molecule has 2 aliphatic heterocycles. The van der Waals surface area contributed by atoms with Crippen molar-refractivity contribution in [1.82, 2.24) is 10.2 Å². The van der Waals surface area contributed by atoms with Gasteiger partial charge >= 0.3 is 0 Å². The van der Waals surface area contributed by atoms with Crippen molar-refractivity contribution in [3.8, 4) is 0 Å². The number of fused-ring (bicyclic) bond motifs is 3. The van der Waals surface area contributed by atoms with Crippen LogP contribution in [-0.2, 0) is 11.2 Å². The van der Waals surface area contributed by atoms with Gasteiger partial charge in [0.1, 0.15) is 6.26 Å². The molecule has 1 saturated carbocycles. The van der Waals surface area contributed by atoms with Gasteiger partial charge in [-0.2, -0.15) is 0 Å². The van der Waals surface area contributed by atoms with Gasteiger partial charge in [0.2, 0.25) is 0 Å². The fraction of sp³-hybridized carbons (Fsp3) is 0.435. The summed E-state index contributed by atoms with van der Waals surface area (Å²) in [7, 11) is 2.20. The lowest BCUT2D eigenvalue weighted by molar-refractivity contribution is -0.0404. The lowest BCUT2D eigenvalue weighted by Crippen LogP contribution is -2.62. The van der Waals surface area contributed by atoms with Crippen LogP contribution in [0.25, 0.3) is 0 Å². The first-order valence-corrected chi connectivity index (χ1v) is 11.6. The van der Waals surface area contributed by atoms with Gasteiger partial charge in [0.25, 0.3) is 5.91 Å². The summed E-state index contributed by atoms with van der Waals surface area (Å²) >= 11 is -1.21. The molecule has 4 nitrogen and oxygen atoms in total. The number of nitrogens with one attached hydrogen (secondary N) is 1. The molecule has 5 rings (SSSR count). The van der Waals surface area contributed by atoms with Crippen molar-refractivity contribution in [2.24, 2.45) is 5.92 Å². The van der Waals surface area contributed by atoms with Crippen LogP contribution >= 0.6 is 0 Å². The third-order valence-electron chi connectivity index (χ3n) is 6.65. The predicted octanol–water partition coefficient (Wildman–Crippen LogP) is 3.77. The van der Waals surface area contributed by atoms with Crippen molar-refractivity contribution < 1.29 is 9.35 Å². The van der Waals surface area contributed by atoms with Gasteiger partial charge in [-0.15, -0.1) is 0 Å². The lowest BCUT2D eigenvalue weighted by Gasteiger charge is -2.57. The zero-order valence-corrected chi connectivity index (χ0v) is 17.4. The molecule has 1 amide bonds. The summed E-state index contributed by atoms with van der Waals surface area (Å²) in [5, 5.41) is 3.35. The molecule has 0 spiro atoms. The number of amides is 1. The number of hydrogen-bond acceptors (Lipinski definition) is 3. The second-order valence-corrected chi connectivity index (χ2v) is 9.54. The molecule has 1 aliphatic carbocycles. The van der Waals surface area contributed by atoms with Gasteiger partial charge in [-0.05, 0) is 67.5 Å². The van der Waals surface area contributed by atoms with E-state index in [1.165, 1.54) is 12.8 Å². The highest BCUT2D eigenvalue weighted by molar-refractivity contribution is 7.90. The minimum atomic E-state index is -1.21. The zero-order chi connectivity index (χ0) is 19.7. The second-order valence-electron chi connectivity index (χ2n) is 8.19. The van der Waals surface area contributed by atoms with Gasteiger partial charge in [-0.25, -0.2) is 0 Å². The Morgan fingerprint density at radius 3 is 2.43 bits per heavy atom. The Hall–Kier alpha value is -1.82. The average molecular weight is 397 g/mol. The molecule has 5 heteroatoms. The van der Waals surface area contributed by atoms with Crippen LogP contribution in [0.1, 0.15) is 47.6 Å². The quantitative estimate of drug-likeness (QED) is 0.783. The first-order chi connectivity index (χ1) is 13.5. The summed E-state index contributed by atoms with van der Waals surface area (Å²) in [6, 6.07) is 17.4. The Balaban J connectivity index is 1.71. The smallest absolute Gasteiger partial charge is 0.256 e. The minimum Gasteiger partial charge on any atom is -0.612 e. The highest BCUT2D eigenvalue weighted by Gasteiger charge is 2.50. The number of rotatable bonds is 5. The average Bonchev–Trinajstić information content (AvgIpc) is 2.73. The lowest BCUT2D eigenvalue weighted by atomic mass is 9.66. The molecule has 2 aromatic carbocycles. The molecule has 2 atom stereocenters. The number of carbonyl (C=O) groups is 1. The van der Waals surface area contributed by atoms with E-state index in [9.17, 15) is 9.35 Å². The van der Waals surface area contributed by atoms with Crippen molar-refractivity contribution in [1.29, 1.82) is 0 Å². The number of carbonyl (C=O) groups excluding carboxylic acids is 1. The molecule has 3 fully saturated rings. The fourth-order valence-electron chi connectivity index (χ4n) is 5.11. The Morgan fingerprint density at radius 2 is 1.79 bits per heavy atom. The van der Waals surface area contributed by atoms with Gasteiger partial charge in [0.05, 0.1) is 11.6 Å². The molecule has 2 bridgehead atoms. The van der Waals surface area contributed by atoms with Gasteiger partial charge in [-0.3, -0.25) is 9.69 Å². The maximum Gasteiger partial charge on any atom is 0.256 e. The molecule has 3 aliphatic rings. The summed E-state index contributed by atoms with van der Waals surface area (Å²) in [5.74, 6) is 0.636. The third-order valence-corrected chi connectivity index (χ3v) is 7.63. The summed E-state index contributed by atoms with van der Waals surface area (Å²) in [6.45, 7) is 1.09. The highest BCUT2D eigenvalue weighted by Crippen LogP contribution is 2.49. The normalized spacial score (nSPS) is 26.6. The van der Waals surface area contributed by atoms with Crippen LogP contribution in [0, 0.1) is 5.92 Å². The topological polar surface area (TPSA) is 55.4 Å². The van der Waals surface area contributed by atoms with E-state index in [-0.39, 0.29) is 17.5 Å². The molecule has 28 heavy (non-hydrogen) atoms.